The Hall–Kier alpha value is -3.29. The molecule has 0 bridgehead atoms. The van der Waals surface area contributed by atoms with E-state index in [4.69, 9.17) is 5.73 Å². The zero-order valence-corrected chi connectivity index (χ0v) is 20.0. The summed E-state index contributed by atoms with van der Waals surface area (Å²) in [5.41, 5.74) is 7.73. The molecule has 0 aromatic carbocycles. The topological polar surface area (TPSA) is 96.6 Å². The van der Waals surface area contributed by atoms with Gasteiger partial charge in [-0.25, -0.2) is 8.78 Å². The number of nitrogens with two attached hydrogens (primary N) is 1. The lowest BCUT2D eigenvalue weighted by atomic mass is 9.73. The minimum atomic E-state index is -0.826. The molecule has 2 amide bonds. The summed E-state index contributed by atoms with van der Waals surface area (Å²) in [6, 6.07) is -0.205. The summed E-state index contributed by atoms with van der Waals surface area (Å²) in [7, 11) is 1.68. The van der Waals surface area contributed by atoms with Crippen LogP contribution < -0.4 is 16.4 Å². The number of carbonyl (C=O) groups excluding carboxylic acids is 2. The molecule has 2 aliphatic carbocycles. The summed E-state index contributed by atoms with van der Waals surface area (Å²) >= 11 is 0. The van der Waals surface area contributed by atoms with Gasteiger partial charge in [0.25, 0.3) is 0 Å². The van der Waals surface area contributed by atoms with Gasteiger partial charge < -0.3 is 16.4 Å². The van der Waals surface area contributed by atoms with Crippen LogP contribution in [0.1, 0.15) is 33.1 Å². The average Bonchev–Trinajstić information content (AvgIpc) is 3.18. The highest BCUT2D eigenvalue weighted by molar-refractivity contribution is 5.84. The SMILES string of the molecule is C=C(/C=C(F)\C=C(/C)NCC(=O)NC1C=C2C[C@@](C(N)=O)(C(C)/C=C\C=NC)CC2=CC1)CF. The van der Waals surface area contributed by atoms with E-state index in [-0.39, 0.29) is 35.9 Å². The van der Waals surface area contributed by atoms with E-state index < -0.39 is 17.9 Å². The molecule has 4 N–H and O–H groups in total. The highest BCUT2D eigenvalue weighted by Gasteiger charge is 2.47. The minimum Gasteiger partial charge on any atom is -0.380 e. The van der Waals surface area contributed by atoms with E-state index in [0.29, 0.717) is 25.0 Å². The highest BCUT2D eigenvalue weighted by Crippen LogP contribution is 2.51. The Kier molecular flexibility index (Phi) is 9.71. The maximum absolute atomic E-state index is 13.7. The van der Waals surface area contributed by atoms with Gasteiger partial charge >= 0.3 is 0 Å². The van der Waals surface area contributed by atoms with Crippen molar-refractivity contribution in [3.05, 3.63) is 71.3 Å². The Morgan fingerprint density at radius 1 is 1.35 bits per heavy atom. The second-order valence-electron chi connectivity index (χ2n) is 8.79. The normalized spacial score (nSPS) is 24.0. The quantitative estimate of drug-likeness (QED) is 0.316. The maximum atomic E-state index is 13.7. The lowest BCUT2D eigenvalue weighted by molar-refractivity contribution is -0.128. The molecular formula is C26H34F2N4O2. The van der Waals surface area contributed by atoms with Gasteiger partial charge in [-0.3, -0.25) is 14.6 Å². The summed E-state index contributed by atoms with van der Waals surface area (Å²) in [5, 5.41) is 5.78. The molecule has 3 atom stereocenters. The van der Waals surface area contributed by atoms with E-state index in [1.165, 1.54) is 6.08 Å². The van der Waals surface area contributed by atoms with Gasteiger partial charge in [0.15, 0.2) is 0 Å². The molecule has 2 unspecified atom stereocenters. The van der Waals surface area contributed by atoms with E-state index in [0.717, 1.165) is 17.2 Å². The number of nitrogens with zero attached hydrogens (tertiary/aromatic N) is 1. The largest absolute Gasteiger partial charge is 0.380 e. The fourth-order valence-corrected chi connectivity index (χ4v) is 4.24. The number of carbonyl (C=O) groups is 2. The van der Waals surface area contributed by atoms with Crippen LogP contribution in [0, 0.1) is 11.3 Å². The predicted octanol–water partition coefficient (Wildman–Crippen LogP) is 3.76. The molecule has 2 rings (SSSR count). The maximum Gasteiger partial charge on any atom is 0.239 e. The average molecular weight is 473 g/mol. The van der Waals surface area contributed by atoms with Crippen molar-refractivity contribution in [2.24, 2.45) is 22.1 Å². The van der Waals surface area contributed by atoms with Crippen molar-refractivity contribution in [1.82, 2.24) is 10.6 Å². The minimum absolute atomic E-state index is 0.0320. The number of hydrogen-bond acceptors (Lipinski definition) is 4. The van der Waals surface area contributed by atoms with Crippen LogP contribution in [0.5, 0.6) is 0 Å². The van der Waals surface area contributed by atoms with E-state index >= 15 is 0 Å². The second-order valence-corrected chi connectivity index (χ2v) is 8.79. The number of nitrogens with one attached hydrogen (secondary N) is 2. The number of hydrogen-bond donors (Lipinski definition) is 3. The molecule has 0 aliphatic heterocycles. The van der Waals surface area contributed by atoms with Gasteiger partial charge in [-0.2, -0.15) is 0 Å². The Balaban J connectivity index is 1.99. The number of rotatable bonds is 11. The van der Waals surface area contributed by atoms with Crippen LogP contribution in [0.4, 0.5) is 8.78 Å². The van der Waals surface area contributed by atoms with E-state index in [2.05, 4.69) is 28.3 Å². The van der Waals surface area contributed by atoms with Gasteiger partial charge in [-0.1, -0.05) is 31.7 Å². The second kappa shape index (κ2) is 12.3. The van der Waals surface area contributed by atoms with Crippen LogP contribution in [-0.2, 0) is 9.59 Å². The number of primary amides is 1. The first-order chi connectivity index (χ1) is 16.1. The molecule has 0 spiro atoms. The standard InChI is InChI=1S/C26H34F2N4O2/c1-17(15-27)10-22(28)11-19(3)31-16-24(33)32-23-8-7-20-13-26(25(29)34,14-21(20)12-23)18(2)6-5-9-30-4/h5-7,9-12,18,23,31H,1,8,13-16H2,2-4H3,(H2,29,34)(H,32,33)/b6-5-,19-11+,22-10+,30-9?/t18?,23?,26-/m1/s1. The summed E-state index contributed by atoms with van der Waals surface area (Å²) in [6.07, 6.45) is 13.4. The lowest BCUT2D eigenvalue weighted by Crippen LogP contribution is -2.40. The van der Waals surface area contributed by atoms with Crippen LogP contribution in [-0.4, -0.2) is 44.3 Å². The number of allylic oxidation sites excluding steroid dienone is 9. The highest BCUT2D eigenvalue weighted by atomic mass is 19.1. The number of fused-ring (bicyclic) bond motifs is 1. The Bertz CT molecular complexity index is 991. The van der Waals surface area contributed by atoms with Gasteiger partial charge in [0.05, 0.1) is 18.0 Å². The third-order valence-corrected chi connectivity index (χ3v) is 6.18. The first-order valence-electron chi connectivity index (χ1n) is 11.2. The van der Waals surface area contributed by atoms with Gasteiger partial charge in [-0.05, 0) is 67.1 Å². The first-order valence-corrected chi connectivity index (χ1v) is 11.2. The Morgan fingerprint density at radius 3 is 2.71 bits per heavy atom. The molecule has 0 radical (unpaired) electrons. The van der Waals surface area contributed by atoms with Gasteiger partial charge in [-0.15, -0.1) is 0 Å². The van der Waals surface area contributed by atoms with Crippen LogP contribution >= 0.6 is 0 Å². The van der Waals surface area contributed by atoms with Crippen molar-refractivity contribution in [3.63, 3.8) is 0 Å². The molecule has 1 fully saturated rings. The third kappa shape index (κ3) is 7.10. The molecule has 0 aromatic heterocycles. The number of halogens is 2. The van der Waals surface area contributed by atoms with Gasteiger partial charge in [0, 0.05) is 19.0 Å². The van der Waals surface area contributed by atoms with Crippen LogP contribution in [0.15, 0.2) is 76.3 Å². The van der Waals surface area contributed by atoms with E-state index in [1.807, 2.05) is 25.2 Å². The Morgan fingerprint density at radius 2 is 2.06 bits per heavy atom. The molecule has 6 nitrogen and oxygen atoms in total. The number of alkyl halides is 1. The van der Waals surface area contributed by atoms with Crippen LogP contribution in [0.3, 0.4) is 0 Å². The van der Waals surface area contributed by atoms with Gasteiger partial charge in [0.2, 0.25) is 11.8 Å². The zero-order chi connectivity index (χ0) is 25.3. The Labute approximate surface area is 200 Å². The first kappa shape index (κ1) is 27.0. The van der Waals surface area contributed by atoms with Crippen molar-refractivity contribution in [1.29, 1.82) is 0 Å². The van der Waals surface area contributed by atoms with Gasteiger partial charge in [0.1, 0.15) is 12.5 Å². The molecular weight excluding hydrogens is 438 g/mol. The third-order valence-electron chi connectivity index (χ3n) is 6.18. The monoisotopic (exact) mass is 472 g/mol. The van der Waals surface area contributed by atoms with Crippen molar-refractivity contribution >= 4 is 18.0 Å². The summed E-state index contributed by atoms with van der Waals surface area (Å²) in [5.74, 6) is -1.30. The molecule has 0 saturated heterocycles. The fourth-order valence-electron chi connectivity index (χ4n) is 4.24. The lowest BCUT2D eigenvalue weighted by Gasteiger charge is -2.29. The predicted molar refractivity (Wildman–Crippen MR) is 132 cm³/mol. The smallest absolute Gasteiger partial charge is 0.239 e. The molecule has 34 heavy (non-hydrogen) atoms. The number of amides is 2. The number of aliphatic imine (C=N–C) groups is 1. The van der Waals surface area contributed by atoms with Crippen molar-refractivity contribution < 1.29 is 18.4 Å². The molecule has 184 valence electrons. The van der Waals surface area contributed by atoms with Crippen molar-refractivity contribution in [3.8, 4) is 0 Å². The molecule has 0 aromatic rings. The zero-order valence-electron chi connectivity index (χ0n) is 20.0. The van der Waals surface area contributed by atoms with Crippen molar-refractivity contribution in [2.75, 3.05) is 20.3 Å². The molecule has 8 heteroatoms. The summed E-state index contributed by atoms with van der Waals surface area (Å²) in [6.45, 7) is 6.10. The summed E-state index contributed by atoms with van der Waals surface area (Å²) in [4.78, 5) is 28.8. The van der Waals surface area contributed by atoms with E-state index in [1.54, 1.807) is 20.2 Å². The fraction of sp³-hybridized carbons (Fsp3) is 0.423. The van der Waals surface area contributed by atoms with Crippen LogP contribution in [0.2, 0.25) is 0 Å². The molecule has 0 heterocycles. The van der Waals surface area contributed by atoms with Crippen LogP contribution in [0.25, 0.3) is 0 Å². The van der Waals surface area contributed by atoms with E-state index in [9.17, 15) is 18.4 Å². The molecule has 1 saturated carbocycles. The summed E-state index contributed by atoms with van der Waals surface area (Å²) < 4.78 is 26.1. The molecule has 2 aliphatic rings. The van der Waals surface area contributed by atoms with Crippen molar-refractivity contribution in [2.45, 2.75) is 39.2 Å².